The van der Waals surface area contributed by atoms with Gasteiger partial charge in [-0.25, -0.2) is 4.39 Å². The van der Waals surface area contributed by atoms with Crippen molar-refractivity contribution in [2.75, 3.05) is 0 Å². The molecule has 317 valence electrons. The fraction of sp³-hybridized carbons (Fsp3) is 0.0526. The van der Waals surface area contributed by atoms with Crippen LogP contribution >= 0.6 is 11.3 Å². The molecule has 12 rings (SSSR count). The summed E-state index contributed by atoms with van der Waals surface area (Å²) in [5.74, 6) is 0.598. The summed E-state index contributed by atoms with van der Waals surface area (Å²) in [4.78, 5) is 9.76. The number of fused-ring (bicyclic) bond motifs is 7. The Balaban J connectivity index is 0.000000249. The van der Waals surface area contributed by atoms with Gasteiger partial charge >= 0.3 is 0 Å². The van der Waals surface area contributed by atoms with Gasteiger partial charge in [-0.05, 0) is 92.3 Å². The zero-order valence-corrected chi connectivity index (χ0v) is 40.0. The summed E-state index contributed by atoms with van der Waals surface area (Å²) >= 11 is 1.77. The van der Waals surface area contributed by atoms with Crippen molar-refractivity contribution in [2.24, 2.45) is 0 Å². The van der Waals surface area contributed by atoms with Gasteiger partial charge in [-0.15, -0.1) is 54.1 Å². The number of pyridine rings is 1. The molecule has 0 saturated carbocycles. The van der Waals surface area contributed by atoms with Gasteiger partial charge in [-0.1, -0.05) is 122 Å². The molecule has 0 fully saturated rings. The van der Waals surface area contributed by atoms with Crippen molar-refractivity contribution in [1.82, 2.24) is 14.5 Å². The molecule has 0 atom stereocenters. The molecule has 8 aromatic carbocycles. The first kappa shape index (κ1) is 42.2. The van der Waals surface area contributed by atoms with Crippen molar-refractivity contribution in [3.8, 4) is 50.6 Å². The monoisotopic (exact) mass is 1050 g/mol. The molecule has 4 aromatic heterocycles. The van der Waals surface area contributed by atoms with Crippen LogP contribution < -0.4 is 5.19 Å². The summed E-state index contributed by atoms with van der Waals surface area (Å²) in [5, 5.41) is 5.47. The number of aromatic nitrogens is 3. The number of benzene rings is 8. The molecule has 4 nitrogen and oxygen atoms in total. The topological polar surface area (TPSA) is 43.9 Å². The maximum atomic E-state index is 14.0. The van der Waals surface area contributed by atoms with Crippen molar-refractivity contribution in [3.63, 3.8) is 0 Å². The van der Waals surface area contributed by atoms with Gasteiger partial charge in [-0.2, -0.15) is 11.3 Å². The second kappa shape index (κ2) is 17.3. The minimum Gasteiger partial charge on any atom is -0.456 e. The Kier molecular flexibility index (Phi) is 11.2. The number of thiophene rings is 1. The Morgan fingerprint density at radius 2 is 1.38 bits per heavy atom. The molecule has 8 heteroatoms. The number of hydrogen-bond donors (Lipinski definition) is 0. The minimum atomic E-state index is -1.23. The van der Waals surface area contributed by atoms with E-state index in [1.54, 1.807) is 17.4 Å². The van der Waals surface area contributed by atoms with Crippen LogP contribution in [0.25, 0.3) is 104 Å². The van der Waals surface area contributed by atoms with Gasteiger partial charge in [0, 0.05) is 53.0 Å². The third-order valence-electron chi connectivity index (χ3n) is 11.8. The molecule has 0 aliphatic rings. The standard InChI is InChI=1S/C43H24FN2OS.C14H16NSi.Ir/c44-29-19-22-39-35(25-29)31-20-17-27(23-40(31)47-39)28-18-21-32-33-12-8-13-34(42(33)48-41(32)24-28)43-45-36-14-5-7-16-38(36)46(43)37-15-6-4-11-30(37)26-9-2-1-3-10-26;1-16(2,3)13-9-10-14(15-11-13)12-7-5-4-6-8-12;/h1-12,14-25H;4-7,9-11H,1-3H3;/q2*-1;. The van der Waals surface area contributed by atoms with E-state index in [4.69, 9.17) is 9.40 Å². The van der Waals surface area contributed by atoms with Crippen LogP contribution in [0.3, 0.4) is 0 Å². The van der Waals surface area contributed by atoms with E-state index in [0.29, 0.717) is 5.58 Å². The SMILES string of the molecule is C[Si](C)(C)c1ccc(-c2[c-]cccc2)nc1.Fc1ccc2oc3cc(-c4ccc5c(c4)sc4c(-c6nc7ccccc7n6-c6ccccc6-c6ccccc6)[c-]ccc45)ccc3c2c1.[Ir]. The Bertz CT molecular complexity index is 3670. The van der Waals surface area contributed by atoms with Gasteiger partial charge in [0.15, 0.2) is 0 Å². The van der Waals surface area contributed by atoms with Gasteiger partial charge < -0.3 is 14.0 Å². The summed E-state index contributed by atoms with van der Waals surface area (Å²) < 4.78 is 24.7. The van der Waals surface area contributed by atoms with Crippen LogP contribution in [0.2, 0.25) is 19.6 Å². The first-order valence-electron chi connectivity index (χ1n) is 21.3. The van der Waals surface area contributed by atoms with E-state index >= 15 is 0 Å². The molecule has 1 radical (unpaired) electrons. The van der Waals surface area contributed by atoms with E-state index in [0.717, 1.165) is 82.7 Å². The molecular formula is C57H40FIrN3OSSi-2. The van der Waals surface area contributed by atoms with Crippen molar-refractivity contribution in [2.45, 2.75) is 19.6 Å². The fourth-order valence-electron chi connectivity index (χ4n) is 8.53. The molecule has 0 aliphatic carbocycles. The van der Waals surface area contributed by atoms with Gasteiger partial charge in [0.25, 0.3) is 0 Å². The molecule has 0 amide bonds. The predicted molar refractivity (Wildman–Crippen MR) is 268 cm³/mol. The summed E-state index contributed by atoms with van der Waals surface area (Å²) in [6.07, 6.45) is 2.02. The molecule has 65 heavy (non-hydrogen) atoms. The number of hydrogen-bond acceptors (Lipinski definition) is 4. The average Bonchev–Trinajstić information content (AvgIpc) is 4.03. The Morgan fingerprint density at radius 3 is 2.18 bits per heavy atom. The van der Waals surface area contributed by atoms with E-state index in [1.807, 2.05) is 60.8 Å². The zero-order valence-electron chi connectivity index (χ0n) is 35.8. The average molecular weight is 1050 g/mol. The van der Waals surface area contributed by atoms with Crippen LogP contribution in [0.5, 0.6) is 0 Å². The van der Waals surface area contributed by atoms with Crippen molar-refractivity contribution in [1.29, 1.82) is 0 Å². The van der Waals surface area contributed by atoms with Gasteiger partial charge in [0.1, 0.15) is 17.0 Å². The number of furan rings is 1. The third kappa shape index (κ3) is 7.93. The quantitative estimate of drug-likeness (QED) is 0.123. The minimum absolute atomic E-state index is 0. The fourth-order valence-corrected chi connectivity index (χ4v) is 10.8. The van der Waals surface area contributed by atoms with Gasteiger partial charge in [0.05, 0.1) is 24.9 Å². The molecule has 0 aliphatic heterocycles. The number of nitrogens with zero attached hydrogens (tertiary/aromatic N) is 3. The van der Waals surface area contributed by atoms with Crippen molar-refractivity contribution >= 4 is 77.7 Å². The zero-order chi connectivity index (χ0) is 43.4. The molecule has 0 spiro atoms. The smallest absolute Gasteiger partial charge is 0.136 e. The van der Waals surface area contributed by atoms with Crippen LogP contribution in [0.1, 0.15) is 0 Å². The molecule has 0 N–H and O–H groups in total. The van der Waals surface area contributed by atoms with E-state index in [-0.39, 0.29) is 25.9 Å². The number of rotatable bonds is 6. The number of halogens is 1. The summed E-state index contributed by atoms with van der Waals surface area (Å²) in [5.41, 5.74) is 12.0. The summed E-state index contributed by atoms with van der Waals surface area (Å²) in [6.45, 7) is 7.00. The predicted octanol–water partition coefficient (Wildman–Crippen LogP) is 15.3. The molecule has 0 unspecified atom stereocenters. The maximum absolute atomic E-state index is 14.0. The molecule has 4 heterocycles. The Labute approximate surface area is 395 Å². The van der Waals surface area contributed by atoms with E-state index < -0.39 is 8.07 Å². The van der Waals surface area contributed by atoms with Crippen molar-refractivity contribution < 1.29 is 28.9 Å². The van der Waals surface area contributed by atoms with E-state index in [2.05, 4.69) is 151 Å². The largest absolute Gasteiger partial charge is 0.456 e. The van der Waals surface area contributed by atoms with Crippen LogP contribution in [0.4, 0.5) is 4.39 Å². The van der Waals surface area contributed by atoms with Crippen LogP contribution in [0.15, 0.2) is 193 Å². The number of imidazole rings is 1. The normalized spacial score (nSPS) is 11.6. The number of para-hydroxylation sites is 3. The van der Waals surface area contributed by atoms with Crippen LogP contribution in [-0.2, 0) is 20.1 Å². The Hall–Kier alpha value is -6.80. The van der Waals surface area contributed by atoms with E-state index in [1.165, 1.54) is 32.8 Å². The first-order chi connectivity index (χ1) is 31.3. The van der Waals surface area contributed by atoms with Gasteiger partial charge in [-0.3, -0.25) is 4.98 Å². The van der Waals surface area contributed by atoms with E-state index in [9.17, 15) is 4.39 Å². The Morgan fingerprint density at radius 1 is 0.615 bits per heavy atom. The second-order valence-electron chi connectivity index (χ2n) is 17.0. The van der Waals surface area contributed by atoms with Crippen LogP contribution in [-0.4, -0.2) is 22.6 Å². The van der Waals surface area contributed by atoms with Gasteiger partial charge in [0.2, 0.25) is 0 Å². The van der Waals surface area contributed by atoms with Crippen molar-refractivity contribution in [3.05, 3.63) is 206 Å². The molecular weight excluding hydrogens is 1010 g/mol. The maximum Gasteiger partial charge on any atom is 0.136 e. The first-order valence-corrected chi connectivity index (χ1v) is 25.6. The van der Waals surface area contributed by atoms with Crippen LogP contribution in [0, 0.1) is 17.9 Å². The molecule has 0 saturated heterocycles. The summed E-state index contributed by atoms with van der Waals surface area (Å²) in [7, 11) is -1.23. The third-order valence-corrected chi connectivity index (χ3v) is 15.0. The molecule has 12 aromatic rings. The second-order valence-corrected chi connectivity index (χ2v) is 23.1. The summed E-state index contributed by atoms with van der Waals surface area (Å²) in [6, 6.07) is 68.0. The molecule has 0 bridgehead atoms.